The molecule has 0 amide bonds. The summed E-state index contributed by atoms with van der Waals surface area (Å²) in [5.41, 5.74) is -0.102. The summed E-state index contributed by atoms with van der Waals surface area (Å²) in [6, 6.07) is 7.37. The molecule has 1 rings (SSSR count). The van der Waals surface area contributed by atoms with Gasteiger partial charge in [-0.25, -0.2) is 0 Å². The molecule has 0 aliphatic heterocycles. The van der Waals surface area contributed by atoms with E-state index in [-0.39, 0.29) is 6.42 Å². The van der Waals surface area contributed by atoms with E-state index in [9.17, 15) is 15.0 Å². The minimum Gasteiger partial charge on any atom is -0.496 e. The van der Waals surface area contributed by atoms with Crippen LogP contribution in [-0.4, -0.2) is 28.9 Å². The molecule has 2 N–H and O–H groups in total. The van der Waals surface area contributed by atoms with E-state index in [0.717, 1.165) is 5.56 Å². The van der Waals surface area contributed by atoms with Gasteiger partial charge in [0.2, 0.25) is 0 Å². The zero-order valence-electron chi connectivity index (χ0n) is 11.7. The van der Waals surface area contributed by atoms with Crippen molar-refractivity contribution in [1.29, 1.82) is 0 Å². The molecule has 1 aromatic rings. The summed E-state index contributed by atoms with van der Waals surface area (Å²) in [6.07, 6.45) is 1.12. The Balaban J connectivity index is 2.87. The van der Waals surface area contributed by atoms with Crippen molar-refractivity contribution in [2.24, 2.45) is 5.92 Å². The van der Waals surface area contributed by atoms with Crippen molar-refractivity contribution >= 4 is 5.97 Å². The Bertz CT molecular complexity index is 426. The van der Waals surface area contributed by atoms with Gasteiger partial charge in [0.25, 0.3) is 0 Å². The Hall–Kier alpha value is -1.55. The second-order valence-electron chi connectivity index (χ2n) is 5.11. The van der Waals surface area contributed by atoms with Crippen molar-refractivity contribution in [3.63, 3.8) is 0 Å². The average Bonchev–Trinajstić information content (AvgIpc) is 2.38. The smallest absolute Gasteiger partial charge is 0.306 e. The van der Waals surface area contributed by atoms with Crippen LogP contribution in [0, 0.1) is 5.92 Å². The molecule has 0 aliphatic rings. The van der Waals surface area contributed by atoms with Gasteiger partial charge in [-0.05, 0) is 37.8 Å². The molecule has 0 bridgehead atoms. The third-order valence-electron chi connectivity index (χ3n) is 3.46. The van der Waals surface area contributed by atoms with Gasteiger partial charge in [-0.3, -0.25) is 4.79 Å². The monoisotopic (exact) mass is 266 g/mol. The molecule has 106 valence electrons. The standard InChI is InChI=1S/C15H22O4/c1-4-15(2,18)10-12(14(16)17)9-11-7-5-6-8-13(11)19-3/h5-8,12,18H,4,9-10H2,1-3H3,(H,16,17). The van der Waals surface area contributed by atoms with E-state index >= 15 is 0 Å². The number of carbonyl (C=O) groups is 1. The lowest BCUT2D eigenvalue weighted by molar-refractivity contribution is -0.144. The highest BCUT2D eigenvalue weighted by Gasteiger charge is 2.29. The summed E-state index contributed by atoms with van der Waals surface area (Å²) >= 11 is 0. The maximum absolute atomic E-state index is 11.3. The van der Waals surface area contributed by atoms with Crippen LogP contribution >= 0.6 is 0 Å². The molecule has 0 heterocycles. The van der Waals surface area contributed by atoms with Crippen LogP contribution in [0.1, 0.15) is 32.3 Å². The predicted molar refractivity (Wildman–Crippen MR) is 73.4 cm³/mol. The highest BCUT2D eigenvalue weighted by atomic mass is 16.5. The lowest BCUT2D eigenvalue weighted by Crippen LogP contribution is -2.31. The molecule has 2 unspecified atom stereocenters. The van der Waals surface area contributed by atoms with Crippen molar-refractivity contribution < 1.29 is 19.7 Å². The van der Waals surface area contributed by atoms with Crippen LogP contribution in [0.15, 0.2) is 24.3 Å². The van der Waals surface area contributed by atoms with Gasteiger partial charge in [-0.15, -0.1) is 0 Å². The number of ether oxygens (including phenoxy) is 1. The average molecular weight is 266 g/mol. The first-order chi connectivity index (χ1) is 8.89. The lowest BCUT2D eigenvalue weighted by atomic mass is 9.86. The molecule has 0 fully saturated rings. The second kappa shape index (κ2) is 6.57. The molecular weight excluding hydrogens is 244 g/mol. The number of aliphatic carboxylic acids is 1. The quantitative estimate of drug-likeness (QED) is 0.795. The van der Waals surface area contributed by atoms with Gasteiger partial charge >= 0.3 is 5.97 Å². The van der Waals surface area contributed by atoms with Crippen molar-refractivity contribution in [3.05, 3.63) is 29.8 Å². The van der Waals surface area contributed by atoms with Crippen LogP contribution in [0.4, 0.5) is 0 Å². The van der Waals surface area contributed by atoms with E-state index < -0.39 is 17.5 Å². The molecule has 1 aromatic carbocycles. The summed E-state index contributed by atoms with van der Waals surface area (Å²) in [6.45, 7) is 3.52. The Labute approximate surface area is 114 Å². The number of aliphatic hydroxyl groups is 1. The van der Waals surface area contributed by atoms with E-state index in [2.05, 4.69) is 0 Å². The number of carboxylic acid groups (broad SMARTS) is 1. The molecule has 0 saturated heterocycles. The van der Waals surface area contributed by atoms with Gasteiger partial charge in [-0.1, -0.05) is 25.1 Å². The molecule has 4 nitrogen and oxygen atoms in total. The van der Waals surface area contributed by atoms with E-state index in [4.69, 9.17) is 4.74 Å². The maximum atomic E-state index is 11.3. The Morgan fingerprint density at radius 2 is 2.05 bits per heavy atom. The molecule has 4 heteroatoms. The van der Waals surface area contributed by atoms with E-state index in [0.29, 0.717) is 18.6 Å². The van der Waals surface area contributed by atoms with Gasteiger partial charge in [0.05, 0.1) is 18.6 Å². The fourth-order valence-electron chi connectivity index (χ4n) is 2.06. The van der Waals surface area contributed by atoms with Gasteiger partial charge in [-0.2, -0.15) is 0 Å². The number of carboxylic acids is 1. The second-order valence-corrected chi connectivity index (χ2v) is 5.11. The Morgan fingerprint density at radius 3 is 2.58 bits per heavy atom. The summed E-state index contributed by atoms with van der Waals surface area (Å²) in [5, 5.41) is 19.4. The molecule has 19 heavy (non-hydrogen) atoms. The Kier molecular flexibility index (Phi) is 5.36. The highest BCUT2D eigenvalue weighted by Crippen LogP contribution is 2.27. The van der Waals surface area contributed by atoms with Gasteiger partial charge in [0.1, 0.15) is 5.75 Å². The number of rotatable bonds is 7. The first-order valence-electron chi connectivity index (χ1n) is 6.46. The SMILES string of the molecule is CCC(C)(O)CC(Cc1ccccc1OC)C(=O)O. The fraction of sp³-hybridized carbons (Fsp3) is 0.533. The summed E-state index contributed by atoms with van der Waals surface area (Å²) in [4.78, 5) is 11.3. The minimum atomic E-state index is -0.953. The number of hydrogen-bond donors (Lipinski definition) is 2. The van der Waals surface area contributed by atoms with Crippen LogP contribution in [0.3, 0.4) is 0 Å². The summed E-state index contributed by atoms with van der Waals surface area (Å²) in [7, 11) is 1.57. The predicted octanol–water partition coefficient (Wildman–Crippen LogP) is 2.49. The van der Waals surface area contributed by atoms with Crippen LogP contribution in [0.5, 0.6) is 5.75 Å². The normalized spacial score (nSPS) is 15.6. The highest BCUT2D eigenvalue weighted by molar-refractivity contribution is 5.70. The number of methoxy groups -OCH3 is 1. The largest absolute Gasteiger partial charge is 0.496 e. The van der Waals surface area contributed by atoms with Crippen molar-refractivity contribution in [2.45, 2.75) is 38.7 Å². The fourth-order valence-corrected chi connectivity index (χ4v) is 2.06. The van der Waals surface area contributed by atoms with Gasteiger partial charge in [0, 0.05) is 0 Å². The maximum Gasteiger partial charge on any atom is 0.306 e. The minimum absolute atomic E-state index is 0.233. The molecular formula is C15H22O4. The molecule has 0 spiro atoms. The molecule has 0 aromatic heterocycles. The Morgan fingerprint density at radius 1 is 1.42 bits per heavy atom. The number of benzene rings is 1. The zero-order chi connectivity index (χ0) is 14.5. The third-order valence-corrected chi connectivity index (χ3v) is 3.46. The van der Waals surface area contributed by atoms with Crippen molar-refractivity contribution in [3.8, 4) is 5.75 Å². The van der Waals surface area contributed by atoms with Crippen molar-refractivity contribution in [2.75, 3.05) is 7.11 Å². The van der Waals surface area contributed by atoms with Crippen LogP contribution in [-0.2, 0) is 11.2 Å². The molecule has 0 aliphatic carbocycles. The topological polar surface area (TPSA) is 66.8 Å². The first kappa shape index (κ1) is 15.5. The van der Waals surface area contributed by atoms with E-state index in [1.807, 2.05) is 31.2 Å². The lowest BCUT2D eigenvalue weighted by Gasteiger charge is -2.25. The zero-order valence-corrected chi connectivity index (χ0v) is 11.7. The van der Waals surface area contributed by atoms with E-state index in [1.165, 1.54) is 0 Å². The summed E-state index contributed by atoms with van der Waals surface area (Å²) in [5.74, 6) is -0.823. The number of hydrogen-bond acceptors (Lipinski definition) is 3. The van der Waals surface area contributed by atoms with Crippen molar-refractivity contribution in [1.82, 2.24) is 0 Å². The third kappa shape index (κ3) is 4.56. The molecule has 2 atom stereocenters. The van der Waals surface area contributed by atoms with Crippen LogP contribution in [0.2, 0.25) is 0 Å². The number of para-hydroxylation sites is 1. The first-order valence-corrected chi connectivity index (χ1v) is 6.46. The molecule has 0 saturated carbocycles. The van der Waals surface area contributed by atoms with E-state index in [1.54, 1.807) is 14.0 Å². The van der Waals surface area contributed by atoms with Crippen LogP contribution in [0.25, 0.3) is 0 Å². The van der Waals surface area contributed by atoms with Gasteiger partial charge in [0.15, 0.2) is 0 Å². The molecule has 0 radical (unpaired) electrons. The summed E-state index contributed by atoms with van der Waals surface area (Å²) < 4.78 is 5.23. The van der Waals surface area contributed by atoms with Gasteiger partial charge < -0.3 is 14.9 Å². The van der Waals surface area contributed by atoms with Crippen LogP contribution < -0.4 is 4.74 Å².